The van der Waals surface area contributed by atoms with Gasteiger partial charge in [-0.1, -0.05) is 0 Å². The van der Waals surface area contributed by atoms with Gasteiger partial charge in [0.1, 0.15) is 5.75 Å². The second kappa shape index (κ2) is 4.74. The van der Waals surface area contributed by atoms with Gasteiger partial charge in [0.05, 0.1) is 19.8 Å². The van der Waals surface area contributed by atoms with E-state index in [0.717, 1.165) is 11.4 Å². The van der Waals surface area contributed by atoms with Gasteiger partial charge >= 0.3 is 5.97 Å². The van der Waals surface area contributed by atoms with Gasteiger partial charge in [0.15, 0.2) is 0 Å². The van der Waals surface area contributed by atoms with Crippen LogP contribution in [0.1, 0.15) is 10.4 Å². The highest BCUT2D eigenvalue weighted by atomic mass is 16.5. The Balaban J connectivity index is 2.27. The third-order valence-electron chi connectivity index (χ3n) is 2.48. The van der Waals surface area contributed by atoms with E-state index in [0.29, 0.717) is 5.56 Å². The lowest BCUT2D eigenvalue weighted by molar-refractivity contribution is 0.0601. The summed E-state index contributed by atoms with van der Waals surface area (Å²) < 4.78 is 11.6. The number of benzene rings is 1. The minimum atomic E-state index is -0.336. The van der Waals surface area contributed by atoms with Crippen molar-refractivity contribution in [3.8, 4) is 11.4 Å². The van der Waals surface area contributed by atoms with Gasteiger partial charge < -0.3 is 14.0 Å². The highest BCUT2D eigenvalue weighted by Crippen LogP contribution is 2.16. The highest BCUT2D eigenvalue weighted by molar-refractivity contribution is 5.89. The van der Waals surface area contributed by atoms with E-state index >= 15 is 0 Å². The summed E-state index contributed by atoms with van der Waals surface area (Å²) in [6.07, 6.45) is 3.54. The van der Waals surface area contributed by atoms with Gasteiger partial charge in [-0.05, 0) is 30.3 Å². The minimum absolute atomic E-state index is 0.336. The molecule has 0 radical (unpaired) electrons. The van der Waals surface area contributed by atoms with Gasteiger partial charge in [-0.3, -0.25) is 0 Å². The average molecular weight is 231 g/mol. The molecular weight excluding hydrogens is 218 g/mol. The number of methoxy groups -OCH3 is 2. The molecule has 2 rings (SSSR count). The van der Waals surface area contributed by atoms with Gasteiger partial charge in [-0.2, -0.15) is 0 Å². The fraction of sp³-hybridized carbons (Fsp3) is 0.154. The number of carbonyl (C=O) groups is 1. The van der Waals surface area contributed by atoms with E-state index in [1.165, 1.54) is 7.11 Å². The number of hydrogen-bond acceptors (Lipinski definition) is 3. The first-order chi connectivity index (χ1) is 8.24. The van der Waals surface area contributed by atoms with E-state index in [4.69, 9.17) is 4.74 Å². The second-order valence-corrected chi connectivity index (χ2v) is 3.50. The maximum Gasteiger partial charge on any atom is 0.339 e. The number of nitrogens with zero attached hydrogens (tertiary/aromatic N) is 1. The van der Waals surface area contributed by atoms with Crippen molar-refractivity contribution in [3.63, 3.8) is 0 Å². The van der Waals surface area contributed by atoms with E-state index in [9.17, 15) is 4.79 Å². The highest BCUT2D eigenvalue weighted by Gasteiger charge is 2.07. The molecule has 0 aliphatic heterocycles. The van der Waals surface area contributed by atoms with Crippen molar-refractivity contribution in [2.45, 2.75) is 0 Å². The summed E-state index contributed by atoms with van der Waals surface area (Å²) in [6, 6.07) is 9.29. The average Bonchev–Trinajstić information content (AvgIpc) is 2.87. The summed E-state index contributed by atoms with van der Waals surface area (Å²) in [4.78, 5) is 11.3. The standard InChI is InChI=1S/C13H13NO3/c1-16-12-5-3-11(4-6-12)14-8-7-10(9-14)13(15)17-2/h3-9H,1-2H3. The fourth-order valence-corrected chi connectivity index (χ4v) is 1.55. The first-order valence-corrected chi connectivity index (χ1v) is 5.15. The topological polar surface area (TPSA) is 40.5 Å². The van der Waals surface area contributed by atoms with Crippen molar-refractivity contribution in [1.82, 2.24) is 4.57 Å². The maximum absolute atomic E-state index is 11.3. The predicted molar refractivity (Wildman–Crippen MR) is 63.7 cm³/mol. The van der Waals surface area contributed by atoms with Crippen LogP contribution in [0.15, 0.2) is 42.7 Å². The number of rotatable bonds is 3. The van der Waals surface area contributed by atoms with Crippen LogP contribution in [0.25, 0.3) is 5.69 Å². The second-order valence-electron chi connectivity index (χ2n) is 3.50. The lowest BCUT2D eigenvalue weighted by atomic mass is 10.3. The molecule has 0 fully saturated rings. The molecule has 0 N–H and O–H groups in total. The van der Waals surface area contributed by atoms with Crippen LogP contribution in [0.3, 0.4) is 0 Å². The zero-order valence-electron chi connectivity index (χ0n) is 9.71. The molecule has 88 valence electrons. The van der Waals surface area contributed by atoms with Gasteiger partial charge in [-0.15, -0.1) is 0 Å². The Morgan fingerprint density at radius 1 is 1.12 bits per heavy atom. The van der Waals surface area contributed by atoms with Crippen LogP contribution >= 0.6 is 0 Å². The normalized spacial score (nSPS) is 10.0. The smallest absolute Gasteiger partial charge is 0.339 e. The molecule has 0 amide bonds. The largest absolute Gasteiger partial charge is 0.497 e. The van der Waals surface area contributed by atoms with Gasteiger partial charge in [0, 0.05) is 18.1 Å². The van der Waals surface area contributed by atoms with Crippen molar-refractivity contribution < 1.29 is 14.3 Å². The van der Waals surface area contributed by atoms with Crippen molar-refractivity contribution in [2.24, 2.45) is 0 Å². The molecule has 0 aliphatic carbocycles. The number of hydrogen-bond donors (Lipinski definition) is 0. The molecule has 1 aromatic heterocycles. The summed E-state index contributed by atoms with van der Waals surface area (Å²) in [7, 11) is 2.99. The molecule has 0 atom stereocenters. The van der Waals surface area contributed by atoms with Crippen molar-refractivity contribution in [2.75, 3.05) is 14.2 Å². The molecule has 1 heterocycles. The molecular formula is C13H13NO3. The van der Waals surface area contributed by atoms with Crippen LogP contribution in [0, 0.1) is 0 Å². The van der Waals surface area contributed by atoms with E-state index in [2.05, 4.69) is 4.74 Å². The molecule has 0 bridgehead atoms. The van der Waals surface area contributed by atoms with E-state index in [-0.39, 0.29) is 5.97 Å². The Labute approximate surface area is 99.4 Å². The first-order valence-electron chi connectivity index (χ1n) is 5.15. The molecule has 2 aromatic rings. The van der Waals surface area contributed by atoms with Crippen molar-refractivity contribution >= 4 is 5.97 Å². The minimum Gasteiger partial charge on any atom is -0.497 e. The summed E-state index contributed by atoms with van der Waals surface area (Å²) in [5.41, 5.74) is 1.49. The maximum atomic E-state index is 11.3. The molecule has 0 saturated heterocycles. The van der Waals surface area contributed by atoms with E-state index in [1.807, 2.05) is 35.0 Å². The van der Waals surface area contributed by atoms with Gasteiger partial charge in [-0.25, -0.2) is 4.79 Å². The van der Waals surface area contributed by atoms with Crippen molar-refractivity contribution in [3.05, 3.63) is 48.3 Å². The molecule has 4 heteroatoms. The summed E-state index contributed by atoms with van der Waals surface area (Å²) in [5, 5.41) is 0. The Morgan fingerprint density at radius 2 is 1.82 bits per heavy atom. The van der Waals surface area contributed by atoms with Crippen LogP contribution in [-0.4, -0.2) is 24.8 Å². The van der Waals surface area contributed by atoms with Crippen LogP contribution in [0.4, 0.5) is 0 Å². The van der Waals surface area contributed by atoms with Gasteiger partial charge in [0.25, 0.3) is 0 Å². The molecule has 0 saturated carbocycles. The molecule has 0 unspecified atom stereocenters. The molecule has 4 nitrogen and oxygen atoms in total. The fourth-order valence-electron chi connectivity index (χ4n) is 1.55. The van der Waals surface area contributed by atoms with Gasteiger partial charge in [0.2, 0.25) is 0 Å². The third kappa shape index (κ3) is 2.30. The Bertz CT molecular complexity index is 514. The zero-order chi connectivity index (χ0) is 12.3. The molecule has 0 aliphatic rings. The zero-order valence-corrected chi connectivity index (χ0v) is 9.71. The van der Waals surface area contributed by atoms with E-state index in [1.54, 1.807) is 19.4 Å². The number of esters is 1. The lowest BCUT2D eigenvalue weighted by Crippen LogP contribution is -1.99. The lowest BCUT2D eigenvalue weighted by Gasteiger charge is -2.04. The molecule has 1 aromatic carbocycles. The Kier molecular flexibility index (Phi) is 3.14. The van der Waals surface area contributed by atoms with E-state index < -0.39 is 0 Å². The summed E-state index contributed by atoms with van der Waals surface area (Å²) in [6.45, 7) is 0. The summed E-state index contributed by atoms with van der Waals surface area (Å²) >= 11 is 0. The number of carbonyl (C=O) groups excluding carboxylic acids is 1. The quantitative estimate of drug-likeness (QED) is 0.761. The number of aromatic nitrogens is 1. The third-order valence-corrected chi connectivity index (χ3v) is 2.48. The SMILES string of the molecule is COC(=O)c1ccn(-c2ccc(OC)cc2)c1. The Morgan fingerprint density at radius 3 is 2.41 bits per heavy atom. The summed E-state index contributed by atoms with van der Waals surface area (Å²) in [5.74, 6) is 0.464. The molecule has 0 spiro atoms. The van der Waals surface area contributed by atoms with Crippen LogP contribution in [0.2, 0.25) is 0 Å². The van der Waals surface area contributed by atoms with Crippen LogP contribution in [-0.2, 0) is 4.74 Å². The van der Waals surface area contributed by atoms with Crippen LogP contribution in [0.5, 0.6) is 5.75 Å². The number of ether oxygens (including phenoxy) is 2. The first kappa shape index (κ1) is 11.3. The predicted octanol–water partition coefficient (Wildman–Crippen LogP) is 2.27. The van der Waals surface area contributed by atoms with Crippen LogP contribution < -0.4 is 4.74 Å². The monoisotopic (exact) mass is 231 g/mol. The molecule has 17 heavy (non-hydrogen) atoms. The Hall–Kier alpha value is -2.23. The van der Waals surface area contributed by atoms with Crippen molar-refractivity contribution in [1.29, 1.82) is 0 Å².